The molecule has 2 fully saturated rings. The summed E-state index contributed by atoms with van der Waals surface area (Å²) in [7, 11) is 0. The minimum absolute atomic E-state index is 0.123. The molecule has 0 aromatic heterocycles. The molecule has 1 aromatic carbocycles. The van der Waals surface area contributed by atoms with Crippen LogP contribution in [0.5, 0.6) is 0 Å². The van der Waals surface area contributed by atoms with Gasteiger partial charge in [-0.05, 0) is 43.2 Å². The average molecular weight is 257 g/mol. The smallest absolute Gasteiger partial charge is 0.308 e. The summed E-state index contributed by atoms with van der Waals surface area (Å²) in [6.07, 6.45) is 5.35. The topological polar surface area (TPSA) is 40.5 Å². The molecule has 3 nitrogen and oxygen atoms in total. The van der Waals surface area contributed by atoms with Crippen LogP contribution in [0, 0.1) is 5.92 Å². The van der Waals surface area contributed by atoms with Crippen LogP contribution in [0.15, 0.2) is 24.3 Å². The lowest BCUT2D eigenvalue weighted by atomic mass is 9.89. The van der Waals surface area contributed by atoms with Gasteiger partial charge in [0.05, 0.1) is 5.92 Å². The minimum atomic E-state index is -0.590. The third-order valence-corrected chi connectivity index (χ3v) is 5.36. The van der Waals surface area contributed by atoms with Crippen LogP contribution in [0.25, 0.3) is 0 Å². The number of nitrogens with zero attached hydrogens (tertiary/aromatic N) is 1. The van der Waals surface area contributed by atoms with E-state index in [9.17, 15) is 9.90 Å². The Morgan fingerprint density at radius 1 is 1.11 bits per heavy atom. The van der Waals surface area contributed by atoms with Gasteiger partial charge in [0.2, 0.25) is 0 Å². The van der Waals surface area contributed by atoms with Crippen LogP contribution in [0.2, 0.25) is 0 Å². The molecule has 2 saturated heterocycles. The van der Waals surface area contributed by atoms with Gasteiger partial charge in [-0.25, -0.2) is 0 Å². The van der Waals surface area contributed by atoms with Crippen molar-refractivity contribution in [1.29, 1.82) is 0 Å². The predicted octanol–water partition coefficient (Wildman–Crippen LogP) is 2.09. The van der Waals surface area contributed by atoms with Crippen molar-refractivity contribution in [3.63, 3.8) is 0 Å². The van der Waals surface area contributed by atoms with Gasteiger partial charge in [-0.1, -0.05) is 24.3 Å². The van der Waals surface area contributed by atoms with Gasteiger partial charge < -0.3 is 5.11 Å². The van der Waals surface area contributed by atoms with Gasteiger partial charge in [0.1, 0.15) is 0 Å². The van der Waals surface area contributed by atoms with E-state index in [0.717, 1.165) is 25.7 Å². The van der Waals surface area contributed by atoms with Crippen molar-refractivity contribution in [2.45, 2.75) is 50.2 Å². The van der Waals surface area contributed by atoms with E-state index in [1.807, 2.05) is 0 Å². The van der Waals surface area contributed by atoms with Crippen molar-refractivity contribution in [3.05, 3.63) is 35.4 Å². The van der Waals surface area contributed by atoms with Crippen LogP contribution >= 0.6 is 0 Å². The third-order valence-electron chi connectivity index (χ3n) is 5.36. The number of aliphatic carboxylic acids is 1. The SMILES string of the molecule is O=C(O)C1CC2CCC1N2C1Cc2ccccc2C1. The molecule has 19 heavy (non-hydrogen) atoms. The Kier molecular flexibility index (Phi) is 2.46. The fourth-order valence-electron chi connectivity index (χ4n) is 4.61. The first-order valence-corrected chi connectivity index (χ1v) is 7.31. The zero-order valence-electron chi connectivity index (χ0n) is 11.0. The van der Waals surface area contributed by atoms with Crippen molar-refractivity contribution >= 4 is 5.97 Å². The van der Waals surface area contributed by atoms with Crippen LogP contribution in [0.1, 0.15) is 30.4 Å². The summed E-state index contributed by atoms with van der Waals surface area (Å²) >= 11 is 0. The van der Waals surface area contributed by atoms with Crippen LogP contribution in [0.3, 0.4) is 0 Å². The Bertz CT molecular complexity index is 502. The fraction of sp³-hybridized carbons (Fsp3) is 0.562. The molecule has 3 atom stereocenters. The number of carboxylic acids is 1. The second-order valence-corrected chi connectivity index (χ2v) is 6.26. The Labute approximate surface area is 113 Å². The molecule has 4 rings (SSSR count). The summed E-state index contributed by atoms with van der Waals surface area (Å²) in [5.41, 5.74) is 2.93. The molecule has 3 aliphatic rings. The highest BCUT2D eigenvalue weighted by atomic mass is 16.4. The third kappa shape index (κ3) is 1.64. The zero-order valence-corrected chi connectivity index (χ0v) is 11.0. The molecule has 2 heterocycles. The molecule has 0 radical (unpaired) electrons. The number of hydrogen-bond donors (Lipinski definition) is 1. The summed E-state index contributed by atoms with van der Waals surface area (Å²) in [6.45, 7) is 0. The van der Waals surface area contributed by atoms with E-state index in [1.54, 1.807) is 0 Å². The maximum atomic E-state index is 11.3. The summed E-state index contributed by atoms with van der Waals surface area (Å²) in [4.78, 5) is 13.9. The predicted molar refractivity (Wildman–Crippen MR) is 72.0 cm³/mol. The van der Waals surface area contributed by atoms with Crippen LogP contribution in [0.4, 0.5) is 0 Å². The van der Waals surface area contributed by atoms with E-state index in [-0.39, 0.29) is 5.92 Å². The first kappa shape index (κ1) is 11.5. The highest BCUT2D eigenvalue weighted by Crippen LogP contribution is 2.45. The quantitative estimate of drug-likeness (QED) is 0.882. The minimum Gasteiger partial charge on any atom is -0.481 e. The maximum Gasteiger partial charge on any atom is 0.308 e. The largest absolute Gasteiger partial charge is 0.481 e. The summed E-state index contributed by atoms with van der Waals surface area (Å²) in [5.74, 6) is -0.713. The van der Waals surface area contributed by atoms with Crippen molar-refractivity contribution in [3.8, 4) is 0 Å². The monoisotopic (exact) mass is 257 g/mol. The molecule has 0 amide bonds. The Hall–Kier alpha value is -1.35. The molecule has 0 spiro atoms. The Morgan fingerprint density at radius 3 is 2.37 bits per heavy atom. The highest BCUT2D eigenvalue weighted by Gasteiger charge is 2.52. The molecule has 1 aromatic rings. The summed E-state index contributed by atoms with van der Waals surface area (Å²) < 4.78 is 0. The first-order chi connectivity index (χ1) is 9.24. The standard InChI is InChI=1S/C16H19NO2/c18-16(19)14-9-12-5-6-15(14)17(12)13-7-10-3-1-2-4-11(10)8-13/h1-4,12-15H,5-9H2,(H,18,19). The number of carbonyl (C=O) groups is 1. The van der Waals surface area contributed by atoms with Crippen LogP contribution < -0.4 is 0 Å². The van der Waals surface area contributed by atoms with Crippen molar-refractivity contribution in [2.24, 2.45) is 5.92 Å². The van der Waals surface area contributed by atoms with Crippen LogP contribution in [-0.2, 0) is 17.6 Å². The molecule has 2 bridgehead atoms. The Morgan fingerprint density at radius 2 is 1.79 bits per heavy atom. The number of hydrogen-bond acceptors (Lipinski definition) is 2. The van der Waals surface area contributed by atoms with E-state index < -0.39 is 5.97 Å². The molecule has 3 unspecified atom stereocenters. The number of fused-ring (bicyclic) bond motifs is 3. The molecular weight excluding hydrogens is 238 g/mol. The lowest BCUT2D eigenvalue weighted by Gasteiger charge is -2.29. The van der Waals surface area contributed by atoms with E-state index in [0.29, 0.717) is 18.1 Å². The van der Waals surface area contributed by atoms with E-state index in [1.165, 1.54) is 17.5 Å². The molecule has 100 valence electrons. The van der Waals surface area contributed by atoms with Crippen molar-refractivity contribution in [2.75, 3.05) is 0 Å². The van der Waals surface area contributed by atoms with Crippen molar-refractivity contribution < 1.29 is 9.90 Å². The van der Waals surface area contributed by atoms with E-state index >= 15 is 0 Å². The molecule has 1 N–H and O–H groups in total. The molecule has 2 aliphatic heterocycles. The number of benzene rings is 1. The first-order valence-electron chi connectivity index (χ1n) is 7.31. The van der Waals surface area contributed by atoms with Gasteiger partial charge in [-0.15, -0.1) is 0 Å². The maximum absolute atomic E-state index is 11.3. The summed E-state index contributed by atoms with van der Waals surface area (Å²) in [6, 6.07) is 10.0. The second kappa shape index (κ2) is 4.07. The lowest BCUT2D eigenvalue weighted by Crippen LogP contribution is -2.41. The van der Waals surface area contributed by atoms with E-state index in [4.69, 9.17) is 0 Å². The van der Waals surface area contributed by atoms with Gasteiger partial charge in [-0.2, -0.15) is 0 Å². The van der Waals surface area contributed by atoms with Gasteiger partial charge in [-0.3, -0.25) is 9.69 Å². The lowest BCUT2D eigenvalue weighted by molar-refractivity contribution is -0.142. The normalized spacial score (nSPS) is 33.8. The highest BCUT2D eigenvalue weighted by molar-refractivity contribution is 5.71. The molecule has 0 saturated carbocycles. The molecule has 3 heteroatoms. The molecular formula is C16H19NO2. The zero-order chi connectivity index (χ0) is 13.0. The van der Waals surface area contributed by atoms with Gasteiger partial charge in [0.25, 0.3) is 0 Å². The Balaban J connectivity index is 1.58. The van der Waals surface area contributed by atoms with Crippen molar-refractivity contribution in [1.82, 2.24) is 4.90 Å². The van der Waals surface area contributed by atoms with Gasteiger partial charge >= 0.3 is 5.97 Å². The van der Waals surface area contributed by atoms with Crippen LogP contribution in [-0.4, -0.2) is 34.1 Å². The number of rotatable bonds is 2. The van der Waals surface area contributed by atoms with E-state index in [2.05, 4.69) is 29.2 Å². The van der Waals surface area contributed by atoms with Gasteiger partial charge in [0.15, 0.2) is 0 Å². The average Bonchev–Trinajstić information content (AvgIpc) is 3.09. The molecule has 1 aliphatic carbocycles. The second-order valence-electron chi connectivity index (χ2n) is 6.26. The fourth-order valence-corrected chi connectivity index (χ4v) is 4.61. The summed E-state index contributed by atoms with van der Waals surface area (Å²) in [5, 5.41) is 9.34. The number of carboxylic acid groups (broad SMARTS) is 1. The van der Waals surface area contributed by atoms with Gasteiger partial charge in [0, 0.05) is 18.1 Å².